The Morgan fingerprint density at radius 2 is 1.52 bits per heavy atom. The van der Waals surface area contributed by atoms with Crippen LogP contribution in [-0.2, 0) is 14.8 Å². The molecule has 0 bridgehead atoms. The van der Waals surface area contributed by atoms with Crippen molar-refractivity contribution in [2.24, 2.45) is 0 Å². The van der Waals surface area contributed by atoms with Crippen LogP contribution in [0.25, 0.3) is 6.08 Å². The molecule has 0 unspecified atom stereocenters. The lowest BCUT2D eigenvalue weighted by Gasteiger charge is -2.32. The van der Waals surface area contributed by atoms with Crippen molar-refractivity contribution in [3.63, 3.8) is 0 Å². The number of hydrogen-bond acceptors (Lipinski definition) is 4. The minimum atomic E-state index is -3.46. The molecule has 2 aromatic rings. The van der Waals surface area contributed by atoms with E-state index in [1.165, 1.54) is 9.71 Å². The molecule has 1 amide bonds. The fourth-order valence-electron chi connectivity index (χ4n) is 2.88. The van der Waals surface area contributed by atoms with Crippen LogP contribution in [0.3, 0.4) is 0 Å². The smallest absolute Gasteiger partial charge is 0.238 e. The minimum Gasteiger partial charge on any atom is -0.325 e. The number of amides is 1. The summed E-state index contributed by atoms with van der Waals surface area (Å²) in [5, 5.41) is 4.10. The summed E-state index contributed by atoms with van der Waals surface area (Å²) in [5.74, 6) is -0.0959. The summed E-state index contributed by atoms with van der Waals surface area (Å²) in [4.78, 5) is 14.1. The van der Waals surface area contributed by atoms with Gasteiger partial charge in [-0.3, -0.25) is 9.69 Å². The Bertz CT molecular complexity index is 875. The largest absolute Gasteiger partial charge is 0.325 e. The maximum absolute atomic E-state index is 12.5. The second-order valence-electron chi connectivity index (χ2n) is 6.35. The van der Waals surface area contributed by atoms with Crippen LogP contribution in [0.4, 0.5) is 5.69 Å². The molecule has 1 aliphatic heterocycles. The second kappa shape index (κ2) is 8.94. The first kappa shape index (κ1) is 19.3. The molecule has 0 aromatic heterocycles. The molecule has 6 nitrogen and oxygen atoms in total. The van der Waals surface area contributed by atoms with Gasteiger partial charge < -0.3 is 5.32 Å². The molecule has 1 heterocycles. The number of rotatable bonds is 6. The normalized spacial score (nSPS) is 16.4. The molecule has 1 fully saturated rings. The quantitative estimate of drug-likeness (QED) is 0.828. The van der Waals surface area contributed by atoms with Gasteiger partial charge in [-0.05, 0) is 23.8 Å². The average molecular weight is 385 g/mol. The third kappa shape index (κ3) is 5.75. The number of nitrogens with one attached hydrogen (secondary N) is 1. The van der Waals surface area contributed by atoms with Crippen molar-refractivity contribution in [3.8, 4) is 0 Å². The van der Waals surface area contributed by atoms with Crippen molar-refractivity contribution in [2.75, 3.05) is 38.0 Å². The zero-order valence-corrected chi connectivity index (χ0v) is 15.8. The fraction of sp³-hybridized carbons (Fsp3) is 0.250. The van der Waals surface area contributed by atoms with Crippen molar-refractivity contribution < 1.29 is 13.2 Å². The summed E-state index contributed by atoms with van der Waals surface area (Å²) in [6, 6.07) is 18.6. The molecular weight excluding hydrogens is 362 g/mol. The van der Waals surface area contributed by atoms with Crippen molar-refractivity contribution >= 4 is 27.7 Å². The van der Waals surface area contributed by atoms with E-state index in [4.69, 9.17) is 0 Å². The summed E-state index contributed by atoms with van der Waals surface area (Å²) < 4.78 is 26.4. The number of anilines is 1. The third-order valence-electron chi connectivity index (χ3n) is 4.35. The van der Waals surface area contributed by atoms with Crippen LogP contribution < -0.4 is 5.32 Å². The van der Waals surface area contributed by atoms with Crippen LogP contribution in [0.5, 0.6) is 0 Å². The van der Waals surface area contributed by atoms with E-state index < -0.39 is 10.0 Å². The predicted molar refractivity (Wildman–Crippen MR) is 107 cm³/mol. The number of hydrogen-bond donors (Lipinski definition) is 1. The van der Waals surface area contributed by atoms with Crippen molar-refractivity contribution in [1.29, 1.82) is 0 Å². The van der Waals surface area contributed by atoms with E-state index >= 15 is 0 Å². The van der Waals surface area contributed by atoms with E-state index in [-0.39, 0.29) is 12.5 Å². The lowest BCUT2D eigenvalue weighted by molar-refractivity contribution is -0.117. The predicted octanol–water partition coefficient (Wildman–Crippen LogP) is 2.24. The fourth-order valence-corrected chi connectivity index (χ4v) is 4.06. The maximum Gasteiger partial charge on any atom is 0.238 e. The molecular formula is C20H23N3O3S. The number of carbonyl (C=O) groups is 1. The van der Waals surface area contributed by atoms with Gasteiger partial charge in [-0.15, -0.1) is 0 Å². The maximum atomic E-state index is 12.5. The van der Waals surface area contributed by atoms with E-state index in [2.05, 4.69) is 5.32 Å². The van der Waals surface area contributed by atoms with Crippen LogP contribution in [-0.4, -0.2) is 56.3 Å². The zero-order chi connectivity index (χ0) is 19.1. The molecule has 1 saturated heterocycles. The van der Waals surface area contributed by atoms with Crippen LogP contribution in [0.1, 0.15) is 5.56 Å². The Balaban J connectivity index is 1.49. The van der Waals surface area contributed by atoms with E-state index in [0.717, 1.165) is 11.3 Å². The highest BCUT2D eigenvalue weighted by Crippen LogP contribution is 2.12. The summed E-state index contributed by atoms with van der Waals surface area (Å²) in [5.41, 5.74) is 1.60. The Kier molecular flexibility index (Phi) is 6.39. The number of para-hydroxylation sites is 1. The molecule has 0 radical (unpaired) electrons. The van der Waals surface area contributed by atoms with Gasteiger partial charge in [0.25, 0.3) is 0 Å². The van der Waals surface area contributed by atoms with Gasteiger partial charge in [-0.2, -0.15) is 4.31 Å². The highest BCUT2D eigenvalue weighted by atomic mass is 32.2. The average Bonchev–Trinajstić information content (AvgIpc) is 2.68. The van der Waals surface area contributed by atoms with Gasteiger partial charge in [-0.25, -0.2) is 8.42 Å². The van der Waals surface area contributed by atoms with E-state index in [0.29, 0.717) is 26.2 Å². The highest BCUT2D eigenvalue weighted by molar-refractivity contribution is 7.92. The SMILES string of the molecule is O=C(CN1CCN(S(=O)(=O)/C=C\c2ccccc2)CC1)Nc1ccccc1. The number of piperazine rings is 1. The molecule has 142 valence electrons. The van der Waals surface area contributed by atoms with Crippen molar-refractivity contribution in [3.05, 3.63) is 71.6 Å². The highest BCUT2D eigenvalue weighted by Gasteiger charge is 2.25. The van der Waals surface area contributed by atoms with Crippen molar-refractivity contribution in [1.82, 2.24) is 9.21 Å². The van der Waals surface area contributed by atoms with Crippen molar-refractivity contribution in [2.45, 2.75) is 0 Å². The number of carbonyl (C=O) groups excluding carboxylic acids is 1. The molecule has 2 aromatic carbocycles. The monoisotopic (exact) mass is 385 g/mol. The molecule has 7 heteroatoms. The number of nitrogens with zero attached hydrogens (tertiary/aromatic N) is 2. The molecule has 3 rings (SSSR count). The van der Waals surface area contributed by atoms with Gasteiger partial charge in [0, 0.05) is 37.3 Å². The van der Waals surface area contributed by atoms with Gasteiger partial charge >= 0.3 is 0 Å². The first-order chi connectivity index (χ1) is 13.0. The van der Waals surface area contributed by atoms with Gasteiger partial charge in [0.2, 0.25) is 15.9 Å². The summed E-state index contributed by atoms with van der Waals surface area (Å²) >= 11 is 0. The molecule has 1 aliphatic rings. The van der Waals surface area contributed by atoms with E-state index in [1.54, 1.807) is 6.08 Å². The molecule has 1 N–H and O–H groups in total. The Hall–Kier alpha value is -2.48. The van der Waals surface area contributed by atoms with Crippen LogP contribution in [0, 0.1) is 0 Å². The first-order valence-electron chi connectivity index (χ1n) is 8.83. The van der Waals surface area contributed by atoms with Crippen LogP contribution >= 0.6 is 0 Å². The number of sulfonamides is 1. The molecule has 0 spiro atoms. The molecule has 0 atom stereocenters. The van der Waals surface area contributed by atoms with Crippen LogP contribution in [0.2, 0.25) is 0 Å². The standard InChI is InChI=1S/C20H23N3O3S/c24-20(21-19-9-5-2-6-10-19)17-22-12-14-23(15-13-22)27(25,26)16-11-18-7-3-1-4-8-18/h1-11,16H,12-15,17H2,(H,21,24)/b16-11-. The summed E-state index contributed by atoms with van der Waals surface area (Å²) in [7, 11) is -3.46. The number of benzene rings is 2. The third-order valence-corrected chi connectivity index (χ3v) is 5.91. The Morgan fingerprint density at radius 3 is 2.15 bits per heavy atom. The lowest BCUT2D eigenvalue weighted by Crippen LogP contribution is -2.49. The van der Waals surface area contributed by atoms with Crippen LogP contribution in [0.15, 0.2) is 66.1 Å². The zero-order valence-electron chi connectivity index (χ0n) is 15.0. The van der Waals surface area contributed by atoms with E-state index in [1.807, 2.05) is 65.6 Å². The van der Waals surface area contributed by atoms with Gasteiger partial charge in [0.05, 0.1) is 6.54 Å². The van der Waals surface area contributed by atoms with Gasteiger partial charge in [0.15, 0.2) is 0 Å². The summed E-state index contributed by atoms with van der Waals surface area (Å²) in [6.45, 7) is 2.06. The van der Waals surface area contributed by atoms with Gasteiger partial charge in [-0.1, -0.05) is 48.5 Å². The molecule has 0 saturated carbocycles. The molecule has 0 aliphatic carbocycles. The minimum absolute atomic E-state index is 0.0959. The Morgan fingerprint density at radius 1 is 0.926 bits per heavy atom. The Labute approximate surface area is 160 Å². The first-order valence-corrected chi connectivity index (χ1v) is 10.3. The lowest BCUT2D eigenvalue weighted by atomic mass is 10.2. The molecule has 27 heavy (non-hydrogen) atoms. The van der Waals surface area contributed by atoms with E-state index in [9.17, 15) is 13.2 Å². The topological polar surface area (TPSA) is 69.7 Å². The van der Waals surface area contributed by atoms with Gasteiger partial charge in [0.1, 0.15) is 0 Å². The second-order valence-corrected chi connectivity index (χ2v) is 8.17. The summed E-state index contributed by atoms with van der Waals surface area (Å²) in [6.07, 6.45) is 1.61.